The number of nitrogens with zero attached hydrogens (tertiary/aromatic N) is 4. The van der Waals surface area contributed by atoms with Gasteiger partial charge in [0.2, 0.25) is 5.89 Å². The van der Waals surface area contributed by atoms with Crippen molar-refractivity contribution in [3.8, 4) is 0 Å². The smallest absolute Gasteiger partial charge is 0.283 e. The number of hydrogen-bond donors (Lipinski definition) is 0. The number of carbonyl (C=O) groups is 1. The minimum atomic E-state index is -0.372. The zero-order valence-electron chi connectivity index (χ0n) is 16.4. The molecule has 30 heavy (non-hydrogen) atoms. The minimum Gasteiger partial charge on any atom is -0.338 e. The van der Waals surface area contributed by atoms with Crippen LogP contribution in [0.2, 0.25) is 0 Å². The summed E-state index contributed by atoms with van der Waals surface area (Å²) >= 11 is 1.31. The van der Waals surface area contributed by atoms with Crippen LogP contribution in [-0.4, -0.2) is 21.2 Å². The first-order chi connectivity index (χ1) is 14.5. The molecule has 152 valence electrons. The maximum Gasteiger partial charge on any atom is 0.283 e. The SMILES string of the molecule is CC(C)c1noc(CSC2=N/C(=C\c3ccccc3)C(=O)N2c2ccc(F)cc2)n1. The molecule has 0 radical (unpaired) electrons. The number of hydrogen-bond acceptors (Lipinski definition) is 6. The molecule has 2 heterocycles. The van der Waals surface area contributed by atoms with Gasteiger partial charge in [-0.1, -0.05) is 61.1 Å². The number of benzene rings is 2. The number of rotatable bonds is 5. The molecule has 1 aliphatic heterocycles. The first-order valence-corrected chi connectivity index (χ1v) is 10.4. The van der Waals surface area contributed by atoms with Crippen molar-refractivity contribution in [2.75, 3.05) is 4.90 Å². The van der Waals surface area contributed by atoms with Gasteiger partial charge in [-0.15, -0.1) is 0 Å². The summed E-state index contributed by atoms with van der Waals surface area (Å²) in [6.45, 7) is 3.97. The maximum absolute atomic E-state index is 13.4. The highest BCUT2D eigenvalue weighted by Gasteiger charge is 2.32. The van der Waals surface area contributed by atoms with E-state index < -0.39 is 0 Å². The van der Waals surface area contributed by atoms with Crippen LogP contribution in [0.5, 0.6) is 0 Å². The number of halogens is 1. The molecule has 6 nitrogen and oxygen atoms in total. The Hall–Kier alpha value is -3.26. The third-order valence-electron chi connectivity index (χ3n) is 4.34. The van der Waals surface area contributed by atoms with Gasteiger partial charge in [0, 0.05) is 5.92 Å². The van der Waals surface area contributed by atoms with Crippen molar-refractivity contribution in [3.05, 3.63) is 83.4 Å². The molecule has 0 spiro atoms. The van der Waals surface area contributed by atoms with Gasteiger partial charge in [-0.2, -0.15) is 4.98 Å². The number of aromatic nitrogens is 2. The molecule has 8 heteroatoms. The number of anilines is 1. The highest BCUT2D eigenvalue weighted by atomic mass is 32.2. The largest absolute Gasteiger partial charge is 0.338 e. The van der Waals surface area contributed by atoms with E-state index in [2.05, 4.69) is 15.1 Å². The Balaban J connectivity index is 1.63. The molecule has 1 aliphatic rings. The molecule has 1 aromatic heterocycles. The van der Waals surface area contributed by atoms with Crippen molar-refractivity contribution in [1.82, 2.24) is 10.1 Å². The second-order valence-electron chi connectivity index (χ2n) is 6.94. The standard InChI is InChI=1S/C22H19FN4O2S/c1-14(2)20-25-19(29-26-20)13-30-22-24-18(12-15-6-4-3-5-7-15)21(28)27(22)17-10-8-16(23)9-11-17/h3-12,14H,13H2,1-2H3/b18-12-. The number of carbonyl (C=O) groups excluding carboxylic acids is 1. The van der Waals surface area contributed by atoms with E-state index in [9.17, 15) is 9.18 Å². The Kier molecular flexibility index (Phi) is 5.76. The molecule has 0 unspecified atom stereocenters. The first-order valence-electron chi connectivity index (χ1n) is 9.42. The van der Waals surface area contributed by atoms with E-state index in [-0.39, 0.29) is 17.6 Å². The fourth-order valence-corrected chi connectivity index (χ4v) is 3.66. The molecule has 0 aliphatic carbocycles. The Morgan fingerprint density at radius 1 is 1.13 bits per heavy atom. The van der Waals surface area contributed by atoms with Gasteiger partial charge >= 0.3 is 0 Å². The lowest BCUT2D eigenvalue weighted by atomic mass is 10.2. The van der Waals surface area contributed by atoms with Crippen LogP contribution in [0.3, 0.4) is 0 Å². The molecule has 2 aromatic carbocycles. The second-order valence-corrected chi connectivity index (χ2v) is 7.88. The number of amides is 1. The van der Waals surface area contributed by atoms with Crippen LogP contribution < -0.4 is 4.90 Å². The van der Waals surface area contributed by atoms with E-state index in [4.69, 9.17) is 4.52 Å². The zero-order chi connectivity index (χ0) is 21.1. The fraction of sp³-hybridized carbons (Fsp3) is 0.182. The predicted molar refractivity (Wildman–Crippen MR) is 115 cm³/mol. The Labute approximate surface area is 177 Å². The highest BCUT2D eigenvalue weighted by molar-refractivity contribution is 8.13. The van der Waals surface area contributed by atoms with Crippen LogP contribution in [-0.2, 0) is 10.5 Å². The van der Waals surface area contributed by atoms with Gasteiger partial charge in [0.05, 0.1) is 11.4 Å². The van der Waals surface area contributed by atoms with Gasteiger partial charge in [0.15, 0.2) is 11.0 Å². The molecule has 1 amide bonds. The fourth-order valence-electron chi connectivity index (χ4n) is 2.81. The second kappa shape index (κ2) is 8.62. The van der Waals surface area contributed by atoms with Crippen LogP contribution in [0.1, 0.15) is 37.0 Å². The summed E-state index contributed by atoms with van der Waals surface area (Å²) in [5, 5.41) is 4.43. The van der Waals surface area contributed by atoms with Crippen LogP contribution in [0.15, 0.2) is 69.8 Å². The minimum absolute atomic E-state index is 0.161. The van der Waals surface area contributed by atoms with Crippen LogP contribution in [0.4, 0.5) is 10.1 Å². The van der Waals surface area contributed by atoms with Crippen molar-refractivity contribution in [2.45, 2.75) is 25.5 Å². The van der Waals surface area contributed by atoms with E-state index in [1.165, 1.54) is 28.8 Å². The number of amidine groups is 1. The predicted octanol–water partition coefficient (Wildman–Crippen LogP) is 5.01. The van der Waals surface area contributed by atoms with Crippen LogP contribution in [0.25, 0.3) is 6.08 Å². The highest BCUT2D eigenvalue weighted by Crippen LogP contribution is 2.31. The number of aliphatic imine (C=N–C) groups is 1. The van der Waals surface area contributed by atoms with Gasteiger partial charge in [0.1, 0.15) is 11.5 Å². The van der Waals surface area contributed by atoms with Crippen LogP contribution >= 0.6 is 11.8 Å². The van der Waals surface area contributed by atoms with Gasteiger partial charge in [-0.05, 0) is 35.9 Å². The van der Waals surface area contributed by atoms with E-state index >= 15 is 0 Å². The summed E-state index contributed by atoms with van der Waals surface area (Å²) in [4.78, 5) is 23.5. The van der Waals surface area contributed by atoms with Crippen molar-refractivity contribution in [3.63, 3.8) is 0 Å². The molecular weight excluding hydrogens is 403 g/mol. The normalized spacial score (nSPS) is 15.3. The van der Waals surface area contributed by atoms with Gasteiger partial charge in [-0.3, -0.25) is 9.69 Å². The summed E-state index contributed by atoms with van der Waals surface area (Å²) in [5.41, 5.74) is 1.72. The molecule has 0 saturated carbocycles. The van der Waals surface area contributed by atoms with Crippen molar-refractivity contribution in [2.24, 2.45) is 4.99 Å². The summed E-state index contributed by atoms with van der Waals surface area (Å²) in [7, 11) is 0. The molecular formula is C22H19FN4O2S. The monoisotopic (exact) mass is 422 g/mol. The molecule has 0 saturated heterocycles. The molecule has 0 N–H and O–H groups in total. The van der Waals surface area contributed by atoms with Gasteiger partial charge < -0.3 is 4.52 Å². The summed E-state index contributed by atoms with van der Waals surface area (Å²) in [6.07, 6.45) is 1.73. The van der Waals surface area contributed by atoms with Crippen molar-refractivity contribution >= 4 is 34.6 Å². The van der Waals surface area contributed by atoms with Crippen molar-refractivity contribution < 1.29 is 13.7 Å². The number of thioether (sulfide) groups is 1. The summed E-state index contributed by atoms with van der Waals surface area (Å²) in [5.74, 6) is 0.967. The molecule has 4 rings (SSSR count). The first kappa shape index (κ1) is 20.0. The Morgan fingerprint density at radius 3 is 2.53 bits per heavy atom. The Morgan fingerprint density at radius 2 is 1.87 bits per heavy atom. The molecule has 3 aromatic rings. The van der Waals surface area contributed by atoms with E-state index in [1.54, 1.807) is 18.2 Å². The van der Waals surface area contributed by atoms with Crippen LogP contribution in [0, 0.1) is 5.82 Å². The lowest BCUT2D eigenvalue weighted by molar-refractivity contribution is -0.113. The van der Waals surface area contributed by atoms with E-state index in [1.807, 2.05) is 44.2 Å². The lowest BCUT2D eigenvalue weighted by Crippen LogP contribution is -2.30. The average Bonchev–Trinajstić information content (AvgIpc) is 3.33. The van der Waals surface area contributed by atoms with Gasteiger partial charge in [0.25, 0.3) is 5.91 Å². The summed E-state index contributed by atoms with van der Waals surface area (Å²) < 4.78 is 18.7. The topological polar surface area (TPSA) is 71.6 Å². The summed E-state index contributed by atoms with van der Waals surface area (Å²) in [6, 6.07) is 15.2. The maximum atomic E-state index is 13.4. The van der Waals surface area contributed by atoms with E-state index in [0.717, 1.165) is 5.56 Å². The quantitative estimate of drug-likeness (QED) is 0.541. The van der Waals surface area contributed by atoms with Crippen molar-refractivity contribution in [1.29, 1.82) is 0 Å². The lowest BCUT2D eigenvalue weighted by Gasteiger charge is -2.17. The molecule has 0 atom stereocenters. The third-order valence-corrected chi connectivity index (χ3v) is 5.27. The average molecular weight is 422 g/mol. The van der Waals surface area contributed by atoms with E-state index in [0.29, 0.717) is 34.0 Å². The molecule has 0 bridgehead atoms. The zero-order valence-corrected chi connectivity index (χ0v) is 17.3. The Bertz CT molecular complexity index is 1110. The third kappa shape index (κ3) is 4.33. The van der Waals surface area contributed by atoms with Gasteiger partial charge in [-0.25, -0.2) is 9.38 Å². The molecule has 0 fully saturated rings.